The van der Waals surface area contributed by atoms with Crippen LogP contribution in [0.2, 0.25) is 0 Å². The number of carbonyl (C=O) groups is 3. The summed E-state index contributed by atoms with van der Waals surface area (Å²) in [4.78, 5) is 40.5. The molecule has 0 spiro atoms. The van der Waals surface area contributed by atoms with Gasteiger partial charge in [0.25, 0.3) is 0 Å². The maximum atomic E-state index is 13.2. The third-order valence-corrected chi connectivity index (χ3v) is 7.59. The van der Waals surface area contributed by atoms with Crippen LogP contribution in [0.3, 0.4) is 0 Å². The molecule has 44 heavy (non-hydrogen) atoms. The number of likely N-dealkylation sites (tertiary alicyclic amines) is 1. The fourth-order valence-corrected chi connectivity index (χ4v) is 5.20. The molecule has 2 aromatic carbocycles. The molecular weight excluding hydrogens is 580 g/mol. The van der Waals surface area contributed by atoms with E-state index in [0.29, 0.717) is 36.1 Å². The SMILES string of the molecule is N[C@@H]1C[C@H](N)CN(C(=O)CC[C@H](N)C(=O)N[C@H](CCc2ccc(C(F)(F)F)cc2)C(=O)N/C=C2\OB(O)c3ccccc32)C1. The van der Waals surface area contributed by atoms with Crippen molar-refractivity contribution < 1.29 is 37.2 Å². The van der Waals surface area contributed by atoms with Crippen molar-refractivity contribution in [2.24, 2.45) is 17.2 Å². The number of halogens is 3. The van der Waals surface area contributed by atoms with Crippen LogP contribution < -0.4 is 33.3 Å². The Balaban J connectivity index is 1.40. The Kier molecular flexibility index (Phi) is 10.7. The molecule has 2 aromatic rings. The molecule has 236 valence electrons. The van der Waals surface area contributed by atoms with Crippen LogP contribution >= 0.6 is 0 Å². The van der Waals surface area contributed by atoms with Crippen LogP contribution in [0.5, 0.6) is 0 Å². The molecule has 2 aliphatic heterocycles. The Bertz CT molecular complexity index is 1370. The van der Waals surface area contributed by atoms with E-state index in [1.54, 1.807) is 29.2 Å². The smallest absolute Gasteiger partial charge is 0.531 e. The number of benzene rings is 2. The summed E-state index contributed by atoms with van der Waals surface area (Å²) in [5.41, 5.74) is 18.8. The van der Waals surface area contributed by atoms with Crippen molar-refractivity contribution in [3.63, 3.8) is 0 Å². The van der Waals surface area contributed by atoms with Crippen molar-refractivity contribution in [2.75, 3.05) is 13.1 Å². The van der Waals surface area contributed by atoms with E-state index in [2.05, 4.69) is 10.6 Å². The molecule has 9 N–H and O–H groups in total. The summed E-state index contributed by atoms with van der Waals surface area (Å²) in [5, 5.41) is 15.3. The largest absolute Gasteiger partial charge is 0.560 e. The summed E-state index contributed by atoms with van der Waals surface area (Å²) in [5.74, 6) is -1.34. The Morgan fingerprint density at radius 2 is 1.70 bits per heavy atom. The van der Waals surface area contributed by atoms with E-state index in [1.807, 2.05) is 0 Å². The van der Waals surface area contributed by atoms with E-state index in [1.165, 1.54) is 18.3 Å². The van der Waals surface area contributed by atoms with E-state index >= 15 is 0 Å². The highest BCUT2D eigenvalue weighted by Crippen LogP contribution is 2.29. The van der Waals surface area contributed by atoms with Crippen LogP contribution in [0.4, 0.5) is 13.2 Å². The van der Waals surface area contributed by atoms with Crippen LogP contribution in [0.1, 0.15) is 42.4 Å². The van der Waals surface area contributed by atoms with Gasteiger partial charge in [-0.05, 0) is 43.4 Å². The first-order valence-electron chi connectivity index (χ1n) is 14.3. The van der Waals surface area contributed by atoms with Gasteiger partial charge < -0.3 is 42.4 Å². The first-order valence-corrected chi connectivity index (χ1v) is 14.3. The number of hydrogen-bond donors (Lipinski definition) is 6. The molecule has 11 nitrogen and oxygen atoms in total. The highest BCUT2D eigenvalue weighted by atomic mass is 19.4. The first-order chi connectivity index (χ1) is 20.8. The quantitative estimate of drug-likeness (QED) is 0.201. The second-order valence-electron chi connectivity index (χ2n) is 11.1. The molecular formula is C29H36BF3N6O5. The predicted molar refractivity (Wildman–Crippen MR) is 157 cm³/mol. The Labute approximate surface area is 253 Å². The van der Waals surface area contributed by atoms with E-state index < -0.39 is 42.8 Å². The summed E-state index contributed by atoms with van der Waals surface area (Å²) < 4.78 is 44.3. The molecule has 15 heteroatoms. The third kappa shape index (κ3) is 8.59. The fourth-order valence-electron chi connectivity index (χ4n) is 5.20. The fraction of sp³-hybridized carbons (Fsp3) is 0.414. The van der Waals surface area contributed by atoms with Crippen molar-refractivity contribution in [3.05, 3.63) is 71.4 Å². The molecule has 4 atom stereocenters. The van der Waals surface area contributed by atoms with Gasteiger partial charge in [0.1, 0.15) is 11.8 Å². The molecule has 1 fully saturated rings. The highest BCUT2D eigenvalue weighted by Gasteiger charge is 2.33. The maximum Gasteiger partial charge on any atom is 0.560 e. The number of carbonyl (C=O) groups excluding carboxylic acids is 3. The first kappa shape index (κ1) is 33.0. The second-order valence-corrected chi connectivity index (χ2v) is 11.1. The molecule has 3 amide bonds. The lowest BCUT2D eigenvalue weighted by Gasteiger charge is -2.34. The van der Waals surface area contributed by atoms with Gasteiger partial charge in [-0.1, -0.05) is 36.4 Å². The zero-order valence-corrected chi connectivity index (χ0v) is 23.9. The number of piperidine rings is 1. The number of nitrogens with zero attached hydrogens (tertiary/aromatic N) is 1. The molecule has 0 unspecified atom stereocenters. The van der Waals surface area contributed by atoms with E-state index in [4.69, 9.17) is 21.9 Å². The number of aryl methyl sites for hydroxylation is 1. The van der Waals surface area contributed by atoms with Gasteiger partial charge in [-0.3, -0.25) is 14.4 Å². The zero-order valence-electron chi connectivity index (χ0n) is 23.9. The Hall–Kier alpha value is -3.92. The van der Waals surface area contributed by atoms with Gasteiger partial charge >= 0.3 is 13.3 Å². The Morgan fingerprint density at radius 1 is 1.05 bits per heavy atom. The van der Waals surface area contributed by atoms with Crippen LogP contribution in [0.15, 0.2) is 54.7 Å². The number of rotatable bonds is 10. The molecule has 0 radical (unpaired) electrons. The van der Waals surface area contributed by atoms with Crippen LogP contribution in [0, 0.1) is 0 Å². The standard InChI is InChI=1S/C29H36BF3N6O5/c31-29(32,33)18-8-5-17(6-9-18)7-11-24(28(42)37-14-25-21-3-1-2-4-22(21)30(43)44-25)38-27(41)23(36)10-12-26(40)39-15-19(34)13-20(35)16-39/h1-6,8-9,14,19-20,23-24,43H,7,10-13,15-16,34-36H2,(H,37,42)(H,38,41)/b25-14-/t19-,20+,23-,24+/m0/s1. The lowest BCUT2D eigenvalue weighted by atomic mass is 9.80. The van der Waals surface area contributed by atoms with Crippen LogP contribution in [0.25, 0.3) is 5.76 Å². The van der Waals surface area contributed by atoms with Crippen molar-refractivity contribution in [1.29, 1.82) is 0 Å². The van der Waals surface area contributed by atoms with Crippen molar-refractivity contribution in [2.45, 2.75) is 62.4 Å². The van der Waals surface area contributed by atoms with Crippen molar-refractivity contribution in [1.82, 2.24) is 15.5 Å². The lowest BCUT2D eigenvalue weighted by Crippen LogP contribution is -2.54. The van der Waals surface area contributed by atoms with Crippen molar-refractivity contribution >= 4 is 36.1 Å². The number of nitrogens with two attached hydrogens (primary N) is 3. The minimum absolute atomic E-state index is 0.00541. The summed E-state index contributed by atoms with van der Waals surface area (Å²) in [7, 11) is -1.21. The Morgan fingerprint density at radius 3 is 2.36 bits per heavy atom. The molecule has 0 bridgehead atoms. The molecule has 2 heterocycles. The average molecular weight is 616 g/mol. The number of amides is 3. The molecule has 0 aromatic heterocycles. The van der Waals surface area contributed by atoms with Gasteiger partial charge in [-0.2, -0.15) is 13.2 Å². The van der Waals surface area contributed by atoms with Crippen LogP contribution in [-0.2, 0) is 31.6 Å². The molecule has 4 rings (SSSR count). The van der Waals surface area contributed by atoms with E-state index in [-0.39, 0.29) is 49.4 Å². The van der Waals surface area contributed by atoms with E-state index in [0.717, 1.165) is 12.1 Å². The summed E-state index contributed by atoms with van der Waals surface area (Å²) in [6, 6.07) is 8.64. The summed E-state index contributed by atoms with van der Waals surface area (Å²) >= 11 is 0. The van der Waals surface area contributed by atoms with Crippen LogP contribution in [-0.4, -0.2) is 72.0 Å². The predicted octanol–water partition coefficient (Wildman–Crippen LogP) is -0.0503. The van der Waals surface area contributed by atoms with Gasteiger partial charge in [0.15, 0.2) is 0 Å². The number of nitrogens with one attached hydrogen (secondary N) is 2. The second kappa shape index (κ2) is 14.2. The molecule has 2 aliphatic rings. The molecule has 1 saturated heterocycles. The third-order valence-electron chi connectivity index (χ3n) is 7.59. The zero-order chi connectivity index (χ0) is 32.0. The normalized spacial score (nSPS) is 20.5. The lowest BCUT2D eigenvalue weighted by molar-refractivity contribution is -0.137. The van der Waals surface area contributed by atoms with Gasteiger partial charge in [0.05, 0.1) is 11.6 Å². The van der Waals surface area contributed by atoms with Gasteiger partial charge in [-0.15, -0.1) is 0 Å². The number of hydrogen-bond acceptors (Lipinski definition) is 8. The van der Waals surface area contributed by atoms with Gasteiger partial charge in [0, 0.05) is 48.8 Å². The minimum atomic E-state index is -4.49. The number of fused-ring (bicyclic) bond motifs is 1. The van der Waals surface area contributed by atoms with Gasteiger partial charge in [-0.25, -0.2) is 0 Å². The minimum Gasteiger partial charge on any atom is -0.531 e. The van der Waals surface area contributed by atoms with Crippen molar-refractivity contribution in [3.8, 4) is 0 Å². The van der Waals surface area contributed by atoms with Gasteiger partial charge in [0.2, 0.25) is 17.7 Å². The van der Waals surface area contributed by atoms with E-state index in [9.17, 15) is 32.6 Å². The average Bonchev–Trinajstić information content (AvgIpc) is 3.30. The summed E-state index contributed by atoms with van der Waals surface area (Å²) in [6.45, 7) is 0.724. The molecule has 0 aliphatic carbocycles. The monoisotopic (exact) mass is 616 g/mol. The summed E-state index contributed by atoms with van der Waals surface area (Å²) in [6.07, 6.45) is -2.44. The number of alkyl halides is 3. The maximum absolute atomic E-state index is 13.2. The molecule has 0 saturated carbocycles. The highest BCUT2D eigenvalue weighted by molar-refractivity contribution is 6.64. The topological polar surface area (TPSA) is 186 Å².